The zero-order chi connectivity index (χ0) is 20.2. The average molecular weight is 397 g/mol. The van der Waals surface area contributed by atoms with Crippen LogP contribution in [0.25, 0.3) is 0 Å². The number of carbonyl (C=O) groups is 2. The Morgan fingerprint density at radius 3 is 2.59 bits per heavy atom. The first-order chi connectivity index (χ1) is 12.7. The van der Waals surface area contributed by atoms with Gasteiger partial charge in [-0.3, -0.25) is 9.59 Å². The average Bonchev–Trinajstić information content (AvgIpc) is 2.96. The molecule has 8 heteroatoms. The number of methoxy groups -OCH3 is 1. The lowest BCUT2D eigenvalue weighted by Gasteiger charge is -2.27. The van der Waals surface area contributed by atoms with Gasteiger partial charge in [0.05, 0.1) is 18.1 Å². The summed E-state index contributed by atoms with van der Waals surface area (Å²) in [6, 6.07) is 5.21. The Morgan fingerprint density at radius 1 is 1.33 bits per heavy atom. The summed E-state index contributed by atoms with van der Waals surface area (Å²) in [5, 5.41) is 2.74. The third-order valence-corrected chi connectivity index (χ3v) is 6.56. The molecule has 7 nitrogen and oxygen atoms in total. The van der Waals surface area contributed by atoms with Gasteiger partial charge < -0.3 is 15.0 Å². The van der Waals surface area contributed by atoms with Crippen LogP contribution in [0.3, 0.4) is 0 Å². The molecule has 0 aromatic heterocycles. The minimum Gasteiger partial charge on any atom is -0.383 e. The van der Waals surface area contributed by atoms with Crippen molar-refractivity contribution in [2.45, 2.75) is 39.2 Å². The highest BCUT2D eigenvalue weighted by Gasteiger charge is 2.36. The van der Waals surface area contributed by atoms with Crippen molar-refractivity contribution in [1.29, 1.82) is 0 Å². The van der Waals surface area contributed by atoms with Gasteiger partial charge in [-0.05, 0) is 30.4 Å². The summed E-state index contributed by atoms with van der Waals surface area (Å²) in [7, 11) is -1.68. The third-order valence-electron chi connectivity index (χ3n) is 4.81. The van der Waals surface area contributed by atoms with E-state index in [1.54, 1.807) is 0 Å². The highest BCUT2D eigenvalue weighted by atomic mass is 32.2. The molecule has 0 bridgehead atoms. The van der Waals surface area contributed by atoms with Gasteiger partial charge in [-0.15, -0.1) is 0 Å². The molecule has 1 aliphatic heterocycles. The molecule has 1 heterocycles. The van der Waals surface area contributed by atoms with Crippen LogP contribution in [0.4, 0.5) is 5.69 Å². The molecule has 1 aromatic carbocycles. The van der Waals surface area contributed by atoms with E-state index in [1.165, 1.54) is 12.0 Å². The van der Waals surface area contributed by atoms with Gasteiger partial charge in [0.15, 0.2) is 9.84 Å². The van der Waals surface area contributed by atoms with Crippen LogP contribution in [-0.4, -0.2) is 62.9 Å². The number of benzene rings is 1. The Labute approximate surface area is 161 Å². The van der Waals surface area contributed by atoms with Gasteiger partial charge in [-0.1, -0.05) is 32.0 Å². The summed E-state index contributed by atoms with van der Waals surface area (Å²) in [4.78, 5) is 26.8. The van der Waals surface area contributed by atoms with Crippen molar-refractivity contribution in [2.75, 3.05) is 37.1 Å². The minimum absolute atomic E-state index is 0.0331. The van der Waals surface area contributed by atoms with E-state index in [9.17, 15) is 18.0 Å². The lowest BCUT2D eigenvalue weighted by molar-refractivity contribution is -0.145. The highest BCUT2D eigenvalue weighted by molar-refractivity contribution is 7.91. The molecule has 1 unspecified atom stereocenters. The summed E-state index contributed by atoms with van der Waals surface area (Å²) in [6.45, 7) is 6.31. The summed E-state index contributed by atoms with van der Waals surface area (Å²) in [5.41, 5.74) is 2.45. The molecule has 0 spiro atoms. The topological polar surface area (TPSA) is 92.8 Å². The Morgan fingerprint density at radius 2 is 2.04 bits per heavy atom. The van der Waals surface area contributed by atoms with Crippen LogP contribution in [0, 0.1) is 6.92 Å². The normalized spacial score (nSPS) is 18.5. The second kappa shape index (κ2) is 8.84. The lowest BCUT2D eigenvalue weighted by Crippen LogP contribution is -2.48. The lowest BCUT2D eigenvalue weighted by atomic mass is 9.98. The molecule has 0 saturated carbocycles. The zero-order valence-electron chi connectivity index (χ0n) is 16.3. The number of nitrogens with zero attached hydrogens (tertiary/aromatic N) is 1. The van der Waals surface area contributed by atoms with Gasteiger partial charge in [-0.2, -0.15) is 0 Å². The molecule has 27 heavy (non-hydrogen) atoms. The number of hydrogen-bond acceptors (Lipinski definition) is 5. The maximum Gasteiger partial charge on any atom is 0.313 e. The Bertz CT molecular complexity index is 804. The number of carbonyl (C=O) groups excluding carboxylic acids is 2. The maximum absolute atomic E-state index is 12.8. The quantitative estimate of drug-likeness (QED) is 0.739. The number of para-hydroxylation sites is 1. The molecule has 1 saturated heterocycles. The molecular formula is C19H28N2O5S. The molecule has 150 valence electrons. The highest BCUT2D eigenvalue weighted by Crippen LogP contribution is 2.27. The number of sulfone groups is 1. The first kappa shape index (κ1) is 21.4. The molecular weight excluding hydrogens is 368 g/mol. The predicted molar refractivity (Wildman–Crippen MR) is 105 cm³/mol. The zero-order valence-corrected chi connectivity index (χ0v) is 17.1. The fourth-order valence-corrected chi connectivity index (χ4v) is 5.03. The van der Waals surface area contributed by atoms with E-state index in [2.05, 4.69) is 5.32 Å². The predicted octanol–water partition coefficient (Wildman–Crippen LogP) is 1.72. The van der Waals surface area contributed by atoms with Crippen LogP contribution < -0.4 is 5.32 Å². The number of anilines is 1. The largest absolute Gasteiger partial charge is 0.383 e. The minimum atomic E-state index is -3.17. The van der Waals surface area contributed by atoms with E-state index in [0.717, 1.165) is 11.1 Å². The monoisotopic (exact) mass is 396 g/mol. The first-order valence-electron chi connectivity index (χ1n) is 9.07. The van der Waals surface area contributed by atoms with Crippen molar-refractivity contribution in [1.82, 2.24) is 4.90 Å². The van der Waals surface area contributed by atoms with E-state index in [4.69, 9.17) is 4.74 Å². The number of ether oxygens (including phenoxy) is 1. The van der Waals surface area contributed by atoms with Crippen molar-refractivity contribution >= 4 is 27.3 Å². The van der Waals surface area contributed by atoms with Gasteiger partial charge in [-0.25, -0.2) is 8.42 Å². The second-order valence-electron chi connectivity index (χ2n) is 7.20. The van der Waals surface area contributed by atoms with Gasteiger partial charge in [0.25, 0.3) is 0 Å². The molecule has 0 aliphatic carbocycles. The molecule has 2 rings (SSSR count). The molecule has 1 N–H and O–H groups in total. The van der Waals surface area contributed by atoms with Gasteiger partial charge in [0.1, 0.15) is 0 Å². The third kappa shape index (κ3) is 5.29. The summed E-state index contributed by atoms with van der Waals surface area (Å²) < 4.78 is 28.6. The Balaban J connectivity index is 2.22. The first-order valence-corrected chi connectivity index (χ1v) is 10.9. The van der Waals surface area contributed by atoms with E-state index in [1.807, 2.05) is 39.0 Å². The molecule has 1 atom stereocenters. The number of rotatable bonds is 6. The van der Waals surface area contributed by atoms with E-state index < -0.39 is 27.7 Å². The van der Waals surface area contributed by atoms with Crippen LogP contribution in [0.5, 0.6) is 0 Å². The molecule has 2 amide bonds. The fourth-order valence-electron chi connectivity index (χ4n) is 3.30. The van der Waals surface area contributed by atoms with Crippen LogP contribution in [-0.2, 0) is 24.2 Å². The standard InChI is InChI=1S/C19H28N2O5S/c1-13(2)16-7-5-6-14(3)17(16)20-18(22)19(23)21(9-10-26-4)15-8-11-27(24,25)12-15/h5-7,13,15H,8-12H2,1-4H3,(H,20,22). The summed E-state index contributed by atoms with van der Waals surface area (Å²) >= 11 is 0. The van der Waals surface area contributed by atoms with Crippen molar-refractivity contribution in [3.8, 4) is 0 Å². The molecule has 0 radical (unpaired) electrons. The van der Waals surface area contributed by atoms with Gasteiger partial charge >= 0.3 is 11.8 Å². The SMILES string of the molecule is COCCN(C(=O)C(=O)Nc1c(C)cccc1C(C)C)C1CCS(=O)(=O)C1. The van der Waals surface area contributed by atoms with E-state index in [-0.39, 0.29) is 30.6 Å². The van der Waals surface area contributed by atoms with Crippen LogP contribution in [0.1, 0.15) is 37.3 Å². The van der Waals surface area contributed by atoms with E-state index >= 15 is 0 Å². The molecule has 1 fully saturated rings. The van der Waals surface area contributed by atoms with Gasteiger partial charge in [0, 0.05) is 25.4 Å². The van der Waals surface area contributed by atoms with Crippen molar-refractivity contribution in [3.05, 3.63) is 29.3 Å². The fraction of sp³-hybridized carbons (Fsp3) is 0.579. The van der Waals surface area contributed by atoms with Crippen molar-refractivity contribution < 1.29 is 22.7 Å². The number of nitrogens with one attached hydrogen (secondary N) is 1. The van der Waals surface area contributed by atoms with Crippen LogP contribution >= 0.6 is 0 Å². The van der Waals surface area contributed by atoms with Gasteiger partial charge in [0.2, 0.25) is 0 Å². The number of amides is 2. The summed E-state index contributed by atoms with van der Waals surface area (Å²) in [5.74, 6) is -1.39. The maximum atomic E-state index is 12.8. The second-order valence-corrected chi connectivity index (χ2v) is 9.42. The Kier molecular flexibility index (Phi) is 7.00. The van der Waals surface area contributed by atoms with Crippen molar-refractivity contribution in [3.63, 3.8) is 0 Å². The van der Waals surface area contributed by atoms with Crippen LogP contribution in [0.2, 0.25) is 0 Å². The van der Waals surface area contributed by atoms with E-state index in [0.29, 0.717) is 12.1 Å². The number of aryl methyl sites for hydroxylation is 1. The smallest absolute Gasteiger partial charge is 0.313 e. The summed E-state index contributed by atoms with van der Waals surface area (Å²) in [6.07, 6.45) is 0.340. The number of hydrogen-bond donors (Lipinski definition) is 1. The molecule has 1 aliphatic rings. The van der Waals surface area contributed by atoms with Crippen molar-refractivity contribution in [2.24, 2.45) is 0 Å². The Hall–Kier alpha value is -1.93. The molecule has 1 aromatic rings. The van der Waals surface area contributed by atoms with Crippen LogP contribution in [0.15, 0.2) is 18.2 Å².